The zero-order chi connectivity index (χ0) is 16.9. The summed E-state index contributed by atoms with van der Waals surface area (Å²) < 4.78 is 22.6. The molecular weight excluding hydrogens is 304 g/mol. The number of hydrogen-bond acceptors (Lipinski definition) is 4. The van der Waals surface area contributed by atoms with E-state index >= 15 is 0 Å². The lowest BCUT2D eigenvalue weighted by Crippen LogP contribution is -2.45. The van der Waals surface area contributed by atoms with Crippen molar-refractivity contribution in [3.05, 3.63) is 23.3 Å². The summed E-state index contributed by atoms with van der Waals surface area (Å²) in [5.74, 6) is 0. The average Bonchev–Trinajstić information content (AvgIpc) is 2.54. The fraction of sp³-hybridized carbons (Fsp3) is 0.800. The van der Waals surface area contributed by atoms with Crippen molar-refractivity contribution in [1.29, 1.82) is 0 Å². The van der Waals surface area contributed by atoms with E-state index in [9.17, 15) is 0 Å². The van der Waals surface area contributed by atoms with Gasteiger partial charge < -0.3 is 18.9 Å². The lowest BCUT2D eigenvalue weighted by molar-refractivity contribution is -0.148. The van der Waals surface area contributed by atoms with Gasteiger partial charge in [-0.2, -0.15) is 0 Å². The smallest absolute Gasteiger partial charge is 0.0680 e. The Bertz CT molecular complexity index is 417. The third-order valence-electron chi connectivity index (χ3n) is 5.85. The van der Waals surface area contributed by atoms with Crippen LogP contribution in [0.5, 0.6) is 0 Å². The molecule has 0 radical (unpaired) electrons. The van der Waals surface area contributed by atoms with Gasteiger partial charge in [0, 0.05) is 10.8 Å². The third kappa shape index (κ3) is 4.29. The van der Waals surface area contributed by atoms with Crippen molar-refractivity contribution in [2.24, 2.45) is 10.8 Å². The Morgan fingerprint density at radius 1 is 0.792 bits per heavy atom. The molecule has 0 unspecified atom stereocenters. The topological polar surface area (TPSA) is 36.9 Å². The van der Waals surface area contributed by atoms with Gasteiger partial charge in [0.1, 0.15) is 0 Å². The van der Waals surface area contributed by atoms with E-state index in [0.717, 1.165) is 78.5 Å². The van der Waals surface area contributed by atoms with E-state index < -0.39 is 0 Å². The van der Waals surface area contributed by atoms with Crippen LogP contribution in [0.15, 0.2) is 23.3 Å². The molecule has 24 heavy (non-hydrogen) atoms. The summed E-state index contributed by atoms with van der Waals surface area (Å²) in [6.07, 6.45) is 8.90. The molecule has 3 rings (SSSR count). The maximum absolute atomic E-state index is 5.95. The van der Waals surface area contributed by atoms with Crippen LogP contribution in [0.4, 0.5) is 0 Å². The van der Waals surface area contributed by atoms with E-state index in [1.165, 1.54) is 11.1 Å². The Kier molecular flexibility index (Phi) is 6.14. The molecule has 0 saturated carbocycles. The van der Waals surface area contributed by atoms with E-state index in [1.807, 2.05) is 0 Å². The number of ether oxygens (including phenoxy) is 4. The Labute approximate surface area is 146 Å². The zero-order valence-corrected chi connectivity index (χ0v) is 15.3. The highest BCUT2D eigenvalue weighted by Crippen LogP contribution is 2.33. The maximum Gasteiger partial charge on any atom is 0.0680 e. The minimum Gasteiger partial charge on any atom is -0.380 e. The van der Waals surface area contributed by atoms with Crippen LogP contribution in [-0.2, 0) is 18.9 Å². The molecule has 2 saturated heterocycles. The van der Waals surface area contributed by atoms with Crippen LogP contribution in [0, 0.1) is 10.8 Å². The highest BCUT2D eigenvalue weighted by Gasteiger charge is 2.37. The second-order valence-electron chi connectivity index (χ2n) is 7.83. The van der Waals surface area contributed by atoms with E-state index in [-0.39, 0.29) is 10.8 Å². The quantitative estimate of drug-likeness (QED) is 0.612. The summed E-state index contributed by atoms with van der Waals surface area (Å²) in [5.41, 5.74) is 3.35. The van der Waals surface area contributed by atoms with Gasteiger partial charge in [-0.3, -0.25) is 0 Å². The van der Waals surface area contributed by atoms with Crippen LogP contribution >= 0.6 is 0 Å². The molecular formula is C20H32O4. The number of allylic oxidation sites excluding steroid dienone is 2. The first kappa shape index (κ1) is 18.1. The molecule has 2 heterocycles. The van der Waals surface area contributed by atoms with E-state index in [0.29, 0.717) is 0 Å². The van der Waals surface area contributed by atoms with Gasteiger partial charge in [0.15, 0.2) is 0 Å². The first-order chi connectivity index (χ1) is 11.7. The normalized spacial score (nSPS) is 24.6. The molecule has 0 N–H and O–H groups in total. The fourth-order valence-corrected chi connectivity index (χ4v) is 3.32. The standard InChI is InChI=1S/C20H32O4/c1-3-19(13-23-14-19)11-21-9-17-5-7-18(8-6-17)10-22-12-20(4-2)15-24-16-20/h5,7H,3-4,6,8-16H2,1-2H3. The fourth-order valence-electron chi connectivity index (χ4n) is 3.32. The molecule has 4 heteroatoms. The molecule has 0 aromatic carbocycles. The Morgan fingerprint density at radius 2 is 1.21 bits per heavy atom. The molecule has 136 valence electrons. The van der Waals surface area contributed by atoms with Gasteiger partial charge in [0.05, 0.1) is 52.9 Å². The van der Waals surface area contributed by atoms with Crippen LogP contribution in [0.1, 0.15) is 39.5 Å². The van der Waals surface area contributed by atoms with Crippen molar-refractivity contribution in [1.82, 2.24) is 0 Å². The first-order valence-corrected chi connectivity index (χ1v) is 9.38. The predicted octanol–water partition coefficient (Wildman–Crippen LogP) is 3.52. The van der Waals surface area contributed by atoms with Crippen molar-refractivity contribution in [3.63, 3.8) is 0 Å². The minimum atomic E-state index is 0.282. The van der Waals surface area contributed by atoms with Crippen molar-refractivity contribution in [3.8, 4) is 0 Å². The van der Waals surface area contributed by atoms with E-state index in [1.54, 1.807) is 0 Å². The molecule has 4 nitrogen and oxygen atoms in total. The van der Waals surface area contributed by atoms with Crippen molar-refractivity contribution >= 4 is 0 Å². The molecule has 2 aliphatic heterocycles. The summed E-state index contributed by atoms with van der Waals surface area (Å²) in [6, 6.07) is 0. The highest BCUT2D eigenvalue weighted by molar-refractivity contribution is 5.24. The van der Waals surface area contributed by atoms with Crippen LogP contribution in [-0.4, -0.2) is 52.9 Å². The van der Waals surface area contributed by atoms with Crippen LogP contribution < -0.4 is 0 Å². The largest absolute Gasteiger partial charge is 0.380 e. The second kappa shape index (κ2) is 8.13. The second-order valence-corrected chi connectivity index (χ2v) is 7.83. The van der Waals surface area contributed by atoms with Crippen LogP contribution in [0.25, 0.3) is 0 Å². The predicted molar refractivity (Wildman–Crippen MR) is 94.1 cm³/mol. The monoisotopic (exact) mass is 336 g/mol. The average molecular weight is 336 g/mol. The molecule has 3 aliphatic rings. The molecule has 0 aromatic rings. The van der Waals surface area contributed by atoms with Crippen molar-refractivity contribution in [2.45, 2.75) is 39.5 Å². The van der Waals surface area contributed by atoms with Crippen molar-refractivity contribution in [2.75, 3.05) is 52.9 Å². The SMILES string of the molecule is CCC1(COCC2=CC=C(COCC3(CC)COC3)CC2)COC1. The molecule has 0 atom stereocenters. The Hall–Kier alpha value is -0.680. The summed E-state index contributed by atoms with van der Waals surface area (Å²) in [6.45, 7) is 11.0. The Balaban J connectivity index is 1.35. The molecule has 0 spiro atoms. The van der Waals surface area contributed by atoms with Gasteiger partial charge in [-0.15, -0.1) is 0 Å². The third-order valence-corrected chi connectivity index (χ3v) is 5.85. The lowest BCUT2D eigenvalue weighted by Gasteiger charge is -2.40. The number of hydrogen-bond donors (Lipinski definition) is 0. The van der Waals surface area contributed by atoms with E-state index in [4.69, 9.17) is 18.9 Å². The molecule has 2 fully saturated rings. The molecule has 0 bridgehead atoms. The molecule has 0 aromatic heterocycles. The maximum atomic E-state index is 5.95. The van der Waals surface area contributed by atoms with Crippen molar-refractivity contribution < 1.29 is 18.9 Å². The summed E-state index contributed by atoms with van der Waals surface area (Å²) in [5, 5.41) is 0. The highest BCUT2D eigenvalue weighted by atomic mass is 16.5. The van der Waals surface area contributed by atoms with Gasteiger partial charge in [-0.25, -0.2) is 0 Å². The zero-order valence-electron chi connectivity index (χ0n) is 15.3. The van der Waals surface area contributed by atoms with Crippen LogP contribution in [0.2, 0.25) is 0 Å². The minimum absolute atomic E-state index is 0.282. The number of rotatable bonds is 10. The van der Waals surface area contributed by atoms with E-state index in [2.05, 4.69) is 26.0 Å². The van der Waals surface area contributed by atoms with Gasteiger partial charge >= 0.3 is 0 Å². The van der Waals surface area contributed by atoms with Gasteiger partial charge in [-0.1, -0.05) is 26.0 Å². The lowest BCUT2D eigenvalue weighted by atomic mass is 9.84. The summed E-state index contributed by atoms with van der Waals surface area (Å²) >= 11 is 0. The molecule has 0 amide bonds. The van der Waals surface area contributed by atoms with Crippen LogP contribution in [0.3, 0.4) is 0 Å². The molecule has 1 aliphatic carbocycles. The summed E-state index contributed by atoms with van der Waals surface area (Å²) in [4.78, 5) is 0. The van der Waals surface area contributed by atoms with Gasteiger partial charge in [-0.05, 0) is 36.8 Å². The summed E-state index contributed by atoms with van der Waals surface area (Å²) in [7, 11) is 0. The Morgan fingerprint density at radius 3 is 1.46 bits per heavy atom. The van der Waals surface area contributed by atoms with Gasteiger partial charge in [0.2, 0.25) is 0 Å². The van der Waals surface area contributed by atoms with Gasteiger partial charge in [0.25, 0.3) is 0 Å². The first-order valence-electron chi connectivity index (χ1n) is 9.38.